The van der Waals surface area contributed by atoms with Crippen LogP contribution in [0.25, 0.3) is 0 Å². The molecule has 0 unspecified atom stereocenters. The van der Waals surface area contributed by atoms with Gasteiger partial charge in [0.25, 0.3) is 0 Å². The molecule has 0 spiro atoms. The van der Waals surface area contributed by atoms with Gasteiger partial charge in [-0.25, -0.2) is 0 Å². The Hall–Kier alpha value is -0.610. The molecule has 66 valence electrons. The quantitative estimate of drug-likeness (QED) is 0.748. The molecule has 0 aliphatic heterocycles. The molecule has 4 heteroatoms. The average molecular weight is 233 g/mol. The van der Waals surface area contributed by atoms with Crippen molar-refractivity contribution in [2.45, 2.75) is 6.92 Å². The summed E-state index contributed by atoms with van der Waals surface area (Å²) in [5.41, 5.74) is 0. The van der Waals surface area contributed by atoms with E-state index in [4.69, 9.17) is 9.15 Å². The van der Waals surface area contributed by atoms with Crippen molar-refractivity contribution < 1.29 is 13.9 Å². The number of hydrogen-bond acceptors (Lipinski definition) is 3. The van der Waals surface area contributed by atoms with Gasteiger partial charge in [-0.1, -0.05) is 0 Å². The van der Waals surface area contributed by atoms with Gasteiger partial charge in [0.05, 0.1) is 0 Å². The minimum absolute atomic E-state index is 0.0798. The molecule has 0 atom stereocenters. The van der Waals surface area contributed by atoms with E-state index in [1.807, 2.05) is 6.92 Å². The molecule has 1 rings (SSSR count). The van der Waals surface area contributed by atoms with Gasteiger partial charge in [0.1, 0.15) is 6.61 Å². The smallest absolute Gasteiger partial charge is 0.223 e. The molecule has 0 N–H and O–H groups in total. The van der Waals surface area contributed by atoms with Crippen LogP contribution in [0.2, 0.25) is 0 Å². The summed E-state index contributed by atoms with van der Waals surface area (Å²) in [6.07, 6.45) is 0. The van der Waals surface area contributed by atoms with Crippen LogP contribution in [0.4, 0.5) is 0 Å². The van der Waals surface area contributed by atoms with E-state index in [9.17, 15) is 4.79 Å². The topological polar surface area (TPSA) is 39.4 Å². The maximum absolute atomic E-state index is 11.2. The molecular formula is C8H9BrO3. The second kappa shape index (κ2) is 4.42. The molecule has 0 bridgehead atoms. The number of ether oxygens (including phenoxy) is 1. The molecular weight excluding hydrogens is 224 g/mol. The first kappa shape index (κ1) is 9.48. The standard InChI is InChI=1S/C8H9BrO3/c1-2-11-5-6(10)7-3-4-8(9)12-7/h3-4H,2,5H2,1H3. The molecule has 0 saturated carbocycles. The lowest BCUT2D eigenvalue weighted by Crippen LogP contribution is -2.07. The second-order valence-electron chi connectivity index (χ2n) is 2.16. The predicted octanol–water partition coefficient (Wildman–Crippen LogP) is 2.26. The van der Waals surface area contributed by atoms with Crippen LogP contribution in [0.1, 0.15) is 17.5 Å². The highest BCUT2D eigenvalue weighted by Crippen LogP contribution is 2.14. The third-order valence-corrected chi connectivity index (χ3v) is 1.71. The molecule has 3 nitrogen and oxygen atoms in total. The minimum atomic E-state index is -0.137. The number of hydrogen-bond donors (Lipinski definition) is 0. The molecule has 0 amide bonds. The normalized spacial score (nSPS) is 10.2. The van der Waals surface area contributed by atoms with Crippen molar-refractivity contribution in [2.75, 3.05) is 13.2 Å². The molecule has 0 aliphatic carbocycles. The van der Waals surface area contributed by atoms with Crippen LogP contribution in [0.5, 0.6) is 0 Å². The number of Topliss-reactive ketones (excluding diaryl/α,β-unsaturated/α-hetero) is 1. The summed E-state index contributed by atoms with van der Waals surface area (Å²) in [7, 11) is 0. The van der Waals surface area contributed by atoms with Gasteiger partial charge in [-0.2, -0.15) is 0 Å². The van der Waals surface area contributed by atoms with E-state index < -0.39 is 0 Å². The highest BCUT2D eigenvalue weighted by atomic mass is 79.9. The Bertz CT molecular complexity index is 267. The Morgan fingerprint density at radius 1 is 1.67 bits per heavy atom. The summed E-state index contributed by atoms with van der Waals surface area (Å²) < 4.78 is 10.5. The van der Waals surface area contributed by atoms with E-state index >= 15 is 0 Å². The van der Waals surface area contributed by atoms with E-state index in [-0.39, 0.29) is 12.4 Å². The van der Waals surface area contributed by atoms with Gasteiger partial charge in [-0.15, -0.1) is 0 Å². The zero-order chi connectivity index (χ0) is 8.97. The maximum Gasteiger partial charge on any atom is 0.223 e. The fraction of sp³-hybridized carbons (Fsp3) is 0.375. The summed E-state index contributed by atoms with van der Waals surface area (Å²) in [5.74, 6) is 0.192. The summed E-state index contributed by atoms with van der Waals surface area (Å²) in [6.45, 7) is 2.45. The van der Waals surface area contributed by atoms with Crippen LogP contribution in [0.3, 0.4) is 0 Å². The molecule has 0 saturated heterocycles. The lowest BCUT2D eigenvalue weighted by Gasteiger charge is -1.96. The second-order valence-corrected chi connectivity index (χ2v) is 2.95. The number of carbonyl (C=O) groups is 1. The number of furan rings is 1. The van der Waals surface area contributed by atoms with Crippen LogP contribution in [-0.2, 0) is 4.74 Å². The van der Waals surface area contributed by atoms with E-state index in [1.165, 1.54) is 0 Å². The SMILES string of the molecule is CCOCC(=O)c1ccc(Br)o1. The van der Waals surface area contributed by atoms with Crippen molar-refractivity contribution in [3.63, 3.8) is 0 Å². The third kappa shape index (κ3) is 2.46. The van der Waals surface area contributed by atoms with Gasteiger partial charge in [-0.3, -0.25) is 4.79 Å². The number of ketones is 1. The van der Waals surface area contributed by atoms with Crippen LogP contribution >= 0.6 is 15.9 Å². The minimum Gasteiger partial charge on any atom is -0.446 e. The Balaban J connectivity index is 2.53. The predicted molar refractivity (Wildman–Crippen MR) is 47.2 cm³/mol. The third-order valence-electron chi connectivity index (χ3n) is 1.29. The summed E-state index contributed by atoms with van der Waals surface area (Å²) in [6, 6.07) is 3.30. The fourth-order valence-corrected chi connectivity index (χ4v) is 1.04. The van der Waals surface area contributed by atoms with Crippen LogP contribution < -0.4 is 0 Å². The summed E-state index contributed by atoms with van der Waals surface area (Å²) >= 11 is 3.11. The van der Waals surface area contributed by atoms with Crippen molar-refractivity contribution >= 4 is 21.7 Å². The highest BCUT2D eigenvalue weighted by molar-refractivity contribution is 9.10. The Labute approximate surface area is 78.8 Å². The molecule has 0 radical (unpaired) electrons. The van der Waals surface area contributed by atoms with Crippen molar-refractivity contribution in [1.82, 2.24) is 0 Å². The molecule has 12 heavy (non-hydrogen) atoms. The van der Waals surface area contributed by atoms with Crippen molar-refractivity contribution in [3.05, 3.63) is 22.6 Å². The lowest BCUT2D eigenvalue weighted by atomic mass is 10.3. The van der Waals surface area contributed by atoms with Crippen LogP contribution in [0, 0.1) is 0 Å². The summed E-state index contributed by atoms with van der Waals surface area (Å²) in [4.78, 5) is 11.2. The zero-order valence-electron chi connectivity index (χ0n) is 6.67. The van der Waals surface area contributed by atoms with E-state index in [2.05, 4.69) is 15.9 Å². The van der Waals surface area contributed by atoms with Gasteiger partial charge in [0, 0.05) is 6.61 Å². The maximum atomic E-state index is 11.2. The van der Waals surface area contributed by atoms with Gasteiger partial charge in [0.2, 0.25) is 5.78 Å². The Morgan fingerprint density at radius 3 is 2.92 bits per heavy atom. The van der Waals surface area contributed by atoms with E-state index in [1.54, 1.807) is 12.1 Å². The van der Waals surface area contributed by atoms with E-state index in [0.29, 0.717) is 17.0 Å². The molecule has 0 aliphatic rings. The fourth-order valence-electron chi connectivity index (χ4n) is 0.730. The first-order valence-corrected chi connectivity index (χ1v) is 4.39. The highest BCUT2D eigenvalue weighted by Gasteiger charge is 2.09. The number of carbonyl (C=O) groups excluding carboxylic acids is 1. The number of halogens is 1. The lowest BCUT2D eigenvalue weighted by molar-refractivity contribution is 0.0755. The Kier molecular flexibility index (Phi) is 3.49. The molecule has 1 aromatic heterocycles. The van der Waals surface area contributed by atoms with Crippen molar-refractivity contribution in [2.24, 2.45) is 0 Å². The van der Waals surface area contributed by atoms with Crippen LogP contribution in [-0.4, -0.2) is 19.0 Å². The molecule has 0 aromatic carbocycles. The van der Waals surface area contributed by atoms with Gasteiger partial charge >= 0.3 is 0 Å². The van der Waals surface area contributed by atoms with Gasteiger partial charge in [0.15, 0.2) is 10.4 Å². The van der Waals surface area contributed by atoms with Gasteiger partial charge < -0.3 is 9.15 Å². The zero-order valence-corrected chi connectivity index (χ0v) is 8.26. The van der Waals surface area contributed by atoms with Gasteiger partial charge in [-0.05, 0) is 35.0 Å². The monoisotopic (exact) mass is 232 g/mol. The van der Waals surface area contributed by atoms with E-state index in [0.717, 1.165) is 0 Å². The first-order chi connectivity index (χ1) is 5.74. The molecule has 1 heterocycles. The first-order valence-electron chi connectivity index (χ1n) is 3.60. The van der Waals surface area contributed by atoms with Crippen LogP contribution in [0.15, 0.2) is 21.2 Å². The molecule has 0 fully saturated rings. The largest absolute Gasteiger partial charge is 0.446 e. The van der Waals surface area contributed by atoms with Crippen molar-refractivity contribution in [1.29, 1.82) is 0 Å². The average Bonchev–Trinajstić information content (AvgIpc) is 2.47. The number of rotatable bonds is 4. The Morgan fingerprint density at radius 2 is 2.42 bits per heavy atom. The summed E-state index contributed by atoms with van der Waals surface area (Å²) in [5, 5.41) is 0. The van der Waals surface area contributed by atoms with Crippen molar-refractivity contribution in [3.8, 4) is 0 Å². The molecule has 1 aromatic rings.